The third-order valence-electron chi connectivity index (χ3n) is 1.11. The van der Waals surface area contributed by atoms with Crippen molar-refractivity contribution in [2.75, 3.05) is 13.6 Å². The van der Waals surface area contributed by atoms with Crippen LogP contribution in [0.4, 0.5) is 0 Å². The predicted octanol–water partition coefficient (Wildman–Crippen LogP) is -0.152. The van der Waals surface area contributed by atoms with Crippen molar-refractivity contribution in [1.82, 2.24) is 4.90 Å². The number of amides is 1. The van der Waals surface area contributed by atoms with Crippen molar-refractivity contribution in [3.63, 3.8) is 0 Å². The number of thiol groups is 1. The van der Waals surface area contributed by atoms with Crippen LogP contribution in [-0.2, 0) is 9.59 Å². The van der Waals surface area contributed by atoms with Crippen molar-refractivity contribution in [3.8, 4) is 0 Å². The standard InChI is InChI=1S/C6H11NO3S/c1-4(11)6(10)7(2)3-5(8)9/h4,11H,3H2,1-2H3,(H,8,9)/t4-/m0/s1. The topological polar surface area (TPSA) is 57.6 Å². The number of hydrogen-bond acceptors (Lipinski definition) is 3. The fraction of sp³-hybridized carbons (Fsp3) is 0.667. The Labute approximate surface area is 70.6 Å². The number of carboxylic acids is 1. The maximum atomic E-state index is 11.0. The maximum absolute atomic E-state index is 11.0. The zero-order chi connectivity index (χ0) is 9.02. The Morgan fingerprint density at radius 2 is 2.09 bits per heavy atom. The number of carboxylic acid groups (broad SMARTS) is 1. The summed E-state index contributed by atoms with van der Waals surface area (Å²) >= 11 is 3.87. The number of hydrogen-bond donors (Lipinski definition) is 2. The van der Waals surface area contributed by atoms with Crippen LogP contribution in [0.25, 0.3) is 0 Å². The molecule has 0 aliphatic rings. The number of nitrogens with zero attached hydrogens (tertiary/aromatic N) is 1. The second kappa shape index (κ2) is 4.23. The molecule has 0 fully saturated rings. The highest BCUT2D eigenvalue weighted by Gasteiger charge is 2.15. The van der Waals surface area contributed by atoms with E-state index in [4.69, 9.17) is 5.11 Å². The van der Waals surface area contributed by atoms with E-state index in [9.17, 15) is 9.59 Å². The molecule has 0 bridgehead atoms. The largest absolute Gasteiger partial charge is 0.480 e. The van der Waals surface area contributed by atoms with Crippen LogP contribution in [0.2, 0.25) is 0 Å². The summed E-state index contributed by atoms with van der Waals surface area (Å²) in [6, 6.07) is 0. The molecule has 5 heteroatoms. The molecule has 0 radical (unpaired) electrons. The fourth-order valence-corrected chi connectivity index (χ4v) is 0.797. The van der Waals surface area contributed by atoms with Crippen molar-refractivity contribution in [2.24, 2.45) is 0 Å². The minimum Gasteiger partial charge on any atom is -0.480 e. The number of carbonyl (C=O) groups is 2. The van der Waals surface area contributed by atoms with Gasteiger partial charge in [0.05, 0.1) is 5.25 Å². The van der Waals surface area contributed by atoms with E-state index in [2.05, 4.69) is 12.6 Å². The van der Waals surface area contributed by atoms with Crippen molar-refractivity contribution < 1.29 is 14.7 Å². The Morgan fingerprint density at radius 1 is 1.64 bits per heavy atom. The summed E-state index contributed by atoms with van der Waals surface area (Å²) in [5.41, 5.74) is 0. The van der Waals surface area contributed by atoms with Gasteiger partial charge < -0.3 is 10.0 Å². The lowest BCUT2D eigenvalue weighted by atomic mass is 10.4. The molecule has 0 spiro atoms. The molecule has 1 amide bonds. The quantitative estimate of drug-likeness (QED) is 0.589. The Kier molecular flexibility index (Phi) is 3.95. The van der Waals surface area contributed by atoms with Crippen LogP contribution in [0.1, 0.15) is 6.92 Å². The van der Waals surface area contributed by atoms with Gasteiger partial charge in [-0.2, -0.15) is 12.6 Å². The summed E-state index contributed by atoms with van der Waals surface area (Å²) in [5.74, 6) is -1.30. The van der Waals surface area contributed by atoms with Gasteiger partial charge in [-0.15, -0.1) is 0 Å². The van der Waals surface area contributed by atoms with Crippen LogP contribution < -0.4 is 0 Å². The minimum atomic E-state index is -1.02. The first kappa shape index (κ1) is 10.3. The average molecular weight is 177 g/mol. The van der Waals surface area contributed by atoms with E-state index in [0.29, 0.717) is 0 Å². The normalized spacial score (nSPS) is 12.3. The number of rotatable bonds is 3. The molecule has 4 nitrogen and oxygen atoms in total. The molecule has 0 unspecified atom stereocenters. The van der Waals surface area contributed by atoms with Crippen LogP contribution in [0.5, 0.6) is 0 Å². The molecule has 0 aliphatic carbocycles. The molecule has 0 rings (SSSR count). The van der Waals surface area contributed by atoms with E-state index in [1.807, 2.05) is 0 Å². The first-order valence-corrected chi connectivity index (χ1v) is 3.61. The number of carbonyl (C=O) groups excluding carboxylic acids is 1. The highest BCUT2D eigenvalue weighted by molar-refractivity contribution is 7.81. The van der Waals surface area contributed by atoms with Gasteiger partial charge in [-0.25, -0.2) is 0 Å². The molecular formula is C6H11NO3S. The van der Waals surface area contributed by atoms with Gasteiger partial charge in [-0.1, -0.05) is 0 Å². The van der Waals surface area contributed by atoms with Crippen molar-refractivity contribution in [2.45, 2.75) is 12.2 Å². The maximum Gasteiger partial charge on any atom is 0.323 e. The summed E-state index contributed by atoms with van der Waals surface area (Å²) in [6.07, 6.45) is 0. The van der Waals surface area contributed by atoms with Crippen LogP contribution in [0, 0.1) is 0 Å². The summed E-state index contributed by atoms with van der Waals surface area (Å²) in [4.78, 5) is 22.2. The zero-order valence-electron chi connectivity index (χ0n) is 6.44. The first-order valence-electron chi connectivity index (χ1n) is 3.10. The fourth-order valence-electron chi connectivity index (χ4n) is 0.600. The summed E-state index contributed by atoms with van der Waals surface area (Å²) in [7, 11) is 1.43. The molecule has 1 atom stereocenters. The molecule has 11 heavy (non-hydrogen) atoms. The van der Waals surface area contributed by atoms with Crippen molar-refractivity contribution in [3.05, 3.63) is 0 Å². The van der Waals surface area contributed by atoms with Gasteiger partial charge in [0.2, 0.25) is 5.91 Å². The van der Waals surface area contributed by atoms with E-state index < -0.39 is 11.2 Å². The number of likely N-dealkylation sites (N-methyl/N-ethyl adjacent to an activating group) is 1. The Morgan fingerprint density at radius 3 is 2.36 bits per heavy atom. The van der Waals surface area contributed by atoms with Crippen molar-refractivity contribution >= 4 is 24.5 Å². The van der Waals surface area contributed by atoms with Crippen molar-refractivity contribution in [1.29, 1.82) is 0 Å². The second-order valence-corrected chi connectivity index (χ2v) is 3.04. The van der Waals surface area contributed by atoms with Gasteiger partial charge in [0.1, 0.15) is 6.54 Å². The monoisotopic (exact) mass is 177 g/mol. The van der Waals surface area contributed by atoms with Gasteiger partial charge in [0, 0.05) is 7.05 Å². The van der Waals surface area contributed by atoms with Gasteiger partial charge in [-0.05, 0) is 6.92 Å². The van der Waals surface area contributed by atoms with E-state index >= 15 is 0 Å². The van der Waals surface area contributed by atoms with Crippen LogP contribution in [0.3, 0.4) is 0 Å². The molecule has 0 aromatic heterocycles. The third kappa shape index (κ3) is 3.87. The summed E-state index contributed by atoms with van der Waals surface area (Å²) in [5, 5.41) is 7.85. The van der Waals surface area contributed by atoms with Crippen LogP contribution in [-0.4, -0.2) is 40.7 Å². The lowest BCUT2D eigenvalue weighted by molar-refractivity contribution is -0.143. The highest BCUT2D eigenvalue weighted by atomic mass is 32.1. The zero-order valence-corrected chi connectivity index (χ0v) is 7.34. The van der Waals surface area contributed by atoms with Gasteiger partial charge in [-0.3, -0.25) is 9.59 Å². The number of aliphatic carboxylic acids is 1. The predicted molar refractivity (Wildman–Crippen MR) is 43.7 cm³/mol. The molecule has 0 heterocycles. The molecule has 64 valence electrons. The molecule has 0 aliphatic heterocycles. The van der Waals surface area contributed by atoms with Crippen LogP contribution >= 0.6 is 12.6 Å². The molecular weight excluding hydrogens is 166 g/mol. The smallest absolute Gasteiger partial charge is 0.323 e. The summed E-state index contributed by atoms with van der Waals surface area (Å²) < 4.78 is 0. The first-order chi connectivity index (χ1) is 4.95. The van der Waals surface area contributed by atoms with E-state index in [1.54, 1.807) is 6.92 Å². The molecule has 0 saturated heterocycles. The van der Waals surface area contributed by atoms with Gasteiger partial charge >= 0.3 is 5.97 Å². The molecule has 1 N–H and O–H groups in total. The van der Waals surface area contributed by atoms with E-state index in [1.165, 1.54) is 7.05 Å². The molecule has 0 aromatic rings. The summed E-state index contributed by atoms with van der Waals surface area (Å²) in [6.45, 7) is 1.33. The Bertz CT molecular complexity index is 169. The Balaban J connectivity index is 3.93. The van der Waals surface area contributed by atoms with E-state index in [-0.39, 0.29) is 12.5 Å². The van der Waals surface area contributed by atoms with Crippen LogP contribution in [0.15, 0.2) is 0 Å². The lowest BCUT2D eigenvalue weighted by Crippen LogP contribution is -2.36. The SMILES string of the molecule is C[C@H](S)C(=O)N(C)CC(=O)O. The van der Waals surface area contributed by atoms with Gasteiger partial charge in [0.25, 0.3) is 0 Å². The molecule has 0 aromatic carbocycles. The average Bonchev–Trinajstić information content (AvgIpc) is 1.84. The highest BCUT2D eigenvalue weighted by Crippen LogP contribution is 1.97. The van der Waals surface area contributed by atoms with E-state index in [0.717, 1.165) is 4.90 Å². The lowest BCUT2D eigenvalue weighted by Gasteiger charge is -2.15. The van der Waals surface area contributed by atoms with Gasteiger partial charge in [0.15, 0.2) is 0 Å². The minimum absolute atomic E-state index is 0.274. The second-order valence-electron chi connectivity index (χ2n) is 2.26. The molecule has 0 saturated carbocycles. The Hall–Kier alpha value is -0.710. The third-order valence-corrected chi connectivity index (χ3v) is 1.33.